The van der Waals surface area contributed by atoms with Gasteiger partial charge in [-0.2, -0.15) is 4.98 Å². The third kappa shape index (κ3) is 4.12. The van der Waals surface area contributed by atoms with Gasteiger partial charge in [0.05, 0.1) is 5.69 Å². The van der Waals surface area contributed by atoms with Crippen molar-refractivity contribution in [3.05, 3.63) is 59.9 Å². The molecule has 0 saturated heterocycles. The van der Waals surface area contributed by atoms with E-state index in [0.717, 1.165) is 22.8 Å². The van der Waals surface area contributed by atoms with E-state index in [4.69, 9.17) is 0 Å². The van der Waals surface area contributed by atoms with Crippen LogP contribution in [0.15, 0.2) is 48.8 Å². The quantitative estimate of drug-likeness (QED) is 0.707. The fourth-order valence-corrected chi connectivity index (χ4v) is 2.52. The first-order valence-corrected chi connectivity index (χ1v) is 8.42. The predicted molar refractivity (Wildman–Crippen MR) is 103 cm³/mol. The summed E-state index contributed by atoms with van der Waals surface area (Å²) in [5.41, 5.74) is 5.29. The van der Waals surface area contributed by atoms with Crippen LogP contribution in [0.1, 0.15) is 25.0 Å². The maximum Gasteiger partial charge on any atom is 0.225 e. The molecule has 0 amide bonds. The predicted octanol–water partition coefficient (Wildman–Crippen LogP) is 4.72. The minimum atomic E-state index is 0.248. The second-order valence-electron chi connectivity index (χ2n) is 6.38. The van der Waals surface area contributed by atoms with E-state index >= 15 is 0 Å². The van der Waals surface area contributed by atoms with Crippen LogP contribution in [0.3, 0.4) is 0 Å². The molecule has 0 spiro atoms. The van der Waals surface area contributed by atoms with E-state index in [1.165, 1.54) is 11.1 Å². The van der Waals surface area contributed by atoms with Gasteiger partial charge >= 0.3 is 0 Å². The Balaban J connectivity index is 2.01. The minimum Gasteiger partial charge on any atom is -0.352 e. The van der Waals surface area contributed by atoms with Crippen molar-refractivity contribution >= 4 is 17.5 Å². The third-order valence-electron chi connectivity index (χ3n) is 3.97. The highest BCUT2D eigenvalue weighted by atomic mass is 15.2. The SMILES string of the molecule is Cc1cccc(Nc2cc(-c3cccnc3)nc(NC(C)C)n2)c1C. The Morgan fingerprint density at radius 3 is 2.56 bits per heavy atom. The van der Waals surface area contributed by atoms with E-state index in [2.05, 4.69) is 65.4 Å². The Hall–Kier alpha value is -2.95. The molecule has 3 rings (SSSR count). The molecule has 2 heterocycles. The Kier molecular flexibility index (Phi) is 4.93. The van der Waals surface area contributed by atoms with E-state index in [1.807, 2.05) is 30.5 Å². The average Bonchev–Trinajstić information content (AvgIpc) is 2.59. The van der Waals surface area contributed by atoms with Crippen molar-refractivity contribution in [2.45, 2.75) is 33.7 Å². The minimum absolute atomic E-state index is 0.248. The van der Waals surface area contributed by atoms with Crippen LogP contribution in [0.5, 0.6) is 0 Å². The molecule has 3 aromatic rings. The molecule has 128 valence electrons. The molecule has 2 N–H and O–H groups in total. The van der Waals surface area contributed by atoms with Crippen molar-refractivity contribution in [2.24, 2.45) is 0 Å². The smallest absolute Gasteiger partial charge is 0.225 e. The molecule has 0 aliphatic heterocycles. The second kappa shape index (κ2) is 7.30. The van der Waals surface area contributed by atoms with Crippen LogP contribution in [0.4, 0.5) is 17.5 Å². The molecular weight excluding hydrogens is 310 g/mol. The summed E-state index contributed by atoms with van der Waals surface area (Å²) in [7, 11) is 0. The van der Waals surface area contributed by atoms with Crippen molar-refractivity contribution in [1.29, 1.82) is 0 Å². The van der Waals surface area contributed by atoms with Crippen molar-refractivity contribution in [1.82, 2.24) is 15.0 Å². The first kappa shape index (κ1) is 16.9. The van der Waals surface area contributed by atoms with E-state index in [0.29, 0.717) is 5.95 Å². The highest BCUT2D eigenvalue weighted by Gasteiger charge is 2.09. The number of aromatic nitrogens is 3. The molecule has 25 heavy (non-hydrogen) atoms. The lowest BCUT2D eigenvalue weighted by Crippen LogP contribution is -2.13. The van der Waals surface area contributed by atoms with E-state index < -0.39 is 0 Å². The molecule has 5 nitrogen and oxygen atoms in total. The summed E-state index contributed by atoms with van der Waals surface area (Å²) in [6.07, 6.45) is 3.57. The Morgan fingerprint density at radius 1 is 1.00 bits per heavy atom. The standard InChI is InChI=1S/C20H23N5/c1-13(2)22-20-24-18(16-8-6-10-21-12-16)11-19(25-20)23-17-9-5-7-14(3)15(17)4/h5-13H,1-4H3,(H2,22,23,24,25). The van der Waals surface area contributed by atoms with Gasteiger partial charge in [0.15, 0.2) is 0 Å². The van der Waals surface area contributed by atoms with Gasteiger partial charge in [0, 0.05) is 35.8 Å². The van der Waals surface area contributed by atoms with Gasteiger partial charge in [0.2, 0.25) is 5.95 Å². The number of benzene rings is 1. The van der Waals surface area contributed by atoms with E-state index in [9.17, 15) is 0 Å². The molecule has 1 aromatic carbocycles. The topological polar surface area (TPSA) is 62.7 Å². The number of anilines is 3. The van der Waals surface area contributed by atoms with Gasteiger partial charge in [0.25, 0.3) is 0 Å². The highest BCUT2D eigenvalue weighted by molar-refractivity contribution is 5.68. The number of nitrogens with zero attached hydrogens (tertiary/aromatic N) is 3. The van der Waals surface area contributed by atoms with Crippen LogP contribution < -0.4 is 10.6 Å². The summed E-state index contributed by atoms with van der Waals surface area (Å²) in [5.74, 6) is 1.36. The van der Waals surface area contributed by atoms with Crippen molar-refractivity contribution in [3.8, 4) is 11.3 Å². The molecule has 0 saturated carbocycles. The Bertz CT molecular complexity index is 859. The Labute approximate surface area is 148 Å². The number of hydrogen-bond donors (Lipinski definition) is 2. The lowest BCUT2D eigenvalue weighted by atomic mass is 10.1. The van der Waals surface area contributed by atoms with Gasteiger partial charge in [-0.3, -0.25) is 4.98 Å². The summed E-state index contributed by atoms with van der Waals surface area (Å²) in [5, 5.41) is 6.71. The summed E-state index contributed by atoms with van der Waals surface area (Å²) in [6.45, 7) is 8.34. The molecule has 0 fully saturated rings. The van der Waals surface area contributed by atoms with E-state index in [1.54, 1.807) is 6.20 Å². The second-order valence-corrected chi connectivity index (χ2v) is 6.38. The number of aryl methyl sites for hydroxylation is 1. The number of nitrogens with one attached hydrogen (secondary N) is 2. The van der Waals surface area contributed by atoms with Gasteiger partial charge in [0.1, 0.15) is 5.82 Å². The largest absolute Gasteiger partial charge is 0.352 e. The van der Waals surface area contributed by atoms with Crippen molar-refractivity contribution in [3.63, 3.8) is 0 Å². The van der Waals surface area contributed by atoms with Crippen LogP contribution in [-0.4, -0.2) is 21.0 Å². The average molecular weight is 333 g/mol. The van der Waals surface area contributed by atoms with Crippen molar-refractivity contribution < 1.29 is 0 Å². The molecule has 0 aliphatic carbocycles. The maximum atomic E-state index is 4.62. The summed E-state index contributed by atoms with van der Waals surface area (Å²) in [6, 6.07) is 12.3. The molecule has 0 aliphatic rings. The molecule has 0 atom stereocenters. The molecule has 0 bridgehead atoms. The first-order chi connectivity index (χ1) is 12.0. The number of hydrogen-bond acceptors (Lipinski definition) is 5. The monoisotopic (exact) mass is 333 g/mol. The van der Waals surface area contributed by atoms with Crippen LogP contribution >= 0.6 is 0 Å². The fraction of sp³-hybridized carbons (Fsp3) is 0.250. The zero-order valence-electron chi connectivity index (χ0n) is 15.0. The van der Waals surface area contributed by atoms with Gasteiger partial charge in [-0.25, -0.2) is 4.98 Å². The number of pyridine rings is 1. The van der Waals surface area contributed by atoms with Gasteiger partial charge < -0.3 is 10.6 Å². The maximum absolute atomic E-state index is 4.62. The van der Waals surface area contributed by atoms with E-state index in [-0.39, 0.29) is 6.04 Å². The molecule has 5 heteroatoms. The van der Waals surface area contributed by atoms with Gasteiger partial charge in [-0.05, 0) is 57.0 Å². The number of rotatable bonds is 5. The van der Waals surface area contributed by atoms with Crippen LogP contribution in [0, 0.1) is 13.8 Å². The molecule has 2 aromatic heterocycles. The lowest BCUT2D eigenvalue weighted by molar-refractivity contribution is 0.876. The summed E-state index contributed by atoms with van der Waals surface area (Å²) < 4.78 is 0. The van der Waals surface area contributed by atoms with Crippen LogP contribution in [0.25, 0.3) is 11.3 Å². The van der Waals surface area contributed by atoms with Crippen LogP contribution in [0.2, 0.25) is 0 Å². The third-order valence-corrected chi connectivity index (χ3v) is 3.97. The Morgan fingerprint density at radius 2 is 1.84 bits per heavy atom. The lowest BCUT2D eigenvalue weighted by Gasteiger charge is -2.14. The van der Waals surface area contributed by atoms with Gasteiger partial charge in [-0.15, -0.1) is 0 Å². The first-order valence-electron chi connectivity index (χ1n) is 8.42. The van der Waals surface area contributed by atoms with Crippen LogP contribution in [-0.2, 0) is 0 Å². The van der Waals surface area contributed by atoms with Crippen molar-refractivity contribution in [2.75, 3.05) is 10.6 Å². The summed E-state index contributed by atoms with van der Waals surface area (Å²) in [4.78, 5) is 13.4. The highest BCUT2D eigenvalue weighted by Crippen LogP contribution is 2.26. The normalized spacial score (nSPS) is 10.8. The summed E-state index contributed by atoms with van der Waals surface area (Å²) >= 11 is 0. The van der Waals surface area contributed by atoms with Gasteiger partial charge in [-0.1, -0.05) is 12.1 Å². The zero-order valence-corrected chi connectivity index (χ0v) is 15.0. The molecular formula is C20H23N5. The molecule has 0 radical (unpaired) electrons. The molecule has 0 unspecified atom stereocenters. The fourth-order valence-electron chi connectivity index (χ4n) is 2.52. The zero-order chi connectivity index (χ0) is 17.8.